The number of aryl methyl sites for hydroxylation is 1. The smallest absolute Gasteiger partial charge is 0.162 e. The lowest BCUT2D eigenvalue weighted by atomic mass is 10.1. The van der Waals surface area contributed by atoms with Crippen LogP contribution in [-0.4, -0.2) is 5.78 Å². The van der Waals surface area contributed by atoms with Crippen LogP contribution in [-0.2, 0) is 0 Å². The fourth-order valence-electron chi connectivity index (χ4n) is 1.72. The summed E-state index contributed by atoms with van der Waals surface area (Å²) < 4.78 is 6.79. The van der Waals surface area contributed by atoms with Gasteiger partial charge in [-0.1, -0.05) is 28.9 Å². The Morgan fingerprint density at radius 1 is 1.16 bits per heavy atom. The van der Waals surface area contributed by atoms with Gasteiger partial charge in [0.2, 0.25) is 0 Å². The summed E-state index contributed by atoms with van der Waals surface area (Å²) in [5, 5.41) is 0. The summed E-state index contributed by atoms with van der Waals surface area (Å²) >= 11 is 3.43. The molecule has 0 saturated heterocycles. The van der Waals surface area contributed by atoms with Crippen LogP contribution in [0.25, 0.3) is 0 Å². The van der Waals surface area contributed by atoms with Crippen molar-refractivity contribution in [3.8, 4) is 11.5 Å². The maximum Gasteiger partial charge on any atom is 0.162 e. The Morgan fingerprint density at radius 3 is 2.47 bits per heavy atom. The van der Waals surface area contributed by atoms with Gasteiger partial charge in [-0.2, -0.15) is 0 Å². The molecule has 0 amide bonds. The molecular formula is C16H15BrO2. The van der Waals surface area contributed by atoms with Crippen LogP contribution in [0.2, 0.25) is 0 Å². The molecule has 2 aromatic carbocycles. The Balaban J connectivity index is 2.19. The first-order chi connectivity index (χ1) is 9.10. The fourth-order valence-corrected chi connectivity index (χ4v) is 2.06. The maximum absolute atomic E-state index is 11.5. The molecule has 0 radical (unpaired) electrons. The number of carbonyl (C=O) groups is 1. The van der Waals surface area contributed by atoms with Gasteiger partial charge in [-0.05, 0) is 48.9 Å². The number of carbonyl (C=O) groups excluding carboxylic acids is 1. The third-order valence-corrected chi connectivity index (χ3v) is 3.37. The lowest BCUT2D eigenvalue weighted by Gasteiger charge is -2.09. The number of hydrogen-bond donors (Lipinski definition) is 0. The predicted molar refractivity (Wildman–Crippen MR) is 80.0 cm³/mol. The second-order valence-corrected chi connectivity index (χ2v) is 5.23. The largest absolute Gasteiger partial charge is 0.457 e. The van der Waals surface area contributed by atoms with Crippen LogP contribution in [0.15, 0.2) is 46.9 Å². The average Bonchev–Trinajstić information content (AvgIpc) is 2.43. The van der Waals surface area contributed by atoms with Gasteiger partial charge in [-0.15, -0.1) is 0 Å². The Morgan fingerprint density at radius 2 is 1.84 bits per heavy atom. The van der Waals surface area contributed by atoms with E-state index in [0.717, 1.165) is 27.1 Å². The summed E-state index contributed by atoms with van der Waals surface area (Å²) in [6, 6.07) is 13.1. The Hall–Kier alpha value is -1.61. The third-order valence-electron chi connectivity index (χ3n) is 2.88. The van der Waals surface area contributed by atoms with E-state index in [1.165, 1.54) is 0 Å². The number of halogens is 1. The van der Waals surface area contributed by atoms with E-state index in [0.29, 0.717) is 6.42 Å². The van der Waals surface area contributed by atoms with Crippen LogP contribution >= 0.6 is 15.9 Å². The second kappa shape index (κ2) is 6.02. The number of ether oxygens (including phenoxy) is 1. The molecule has 2 aromatic rings. The zero-order valence-electron chi connectivity index (χ0n) is 10.9. The van der Waals surface area contributed by atoms with Gasteiger partial charge in [0.1, 0.15) is 11.5 Å². The zero-order valence-corrected chi connectivity index (χ0v) is 12.5. The summed E-state index contributed by atoms with van der Waals surface area (Å²) in [5.74, 6) is 1.68. The normalized spacial score (nSPS) is 10.3. The van der Waals surface area contributed by atoms with E-state index in [2.05, 4.69) is 15.9 Å². The standard InChI is InChI=1S/C16H15BrO2/c1-3-15(18)12-5-8-14(9-6-12)19-16-10-13(17)7-4-11(16)2/h4-10H,3H2,1-2H3. The highest BCUT2D eigenvalue weighted by atomic mass is 79.9. The summed E-state index contributed by atoms with van der Waals surface area (Å²) in [6.45, 7) is 3.86. The highest BCUT2D eigenvalue weighted by Crippen LogP contribution is 2.28. The molecule has 0 heterocycles. The van der Waals surface area contributed by atoms with E-state index in [-0.39, 0.29) is 5.78 Å². The molecule has 0 aliphatic heterocycles. The van der Waals surface area contributed by atoms with Crippen LogP contribution in [0, 0.1) is 6.92 Å². The molecule has 0 N–H and O–H groups in total. The molecule has 0 aliphatic carbocycles. The SMILES string of the molecule is CCC(=O)c1ccc(Oc2cc(Br)ccc2C)cc1. The van der Waals surface area contributed by atoms with Crippen molar-refractivity contribution in [3.63, 3.8) is 0 Å². The van der Waals surface area contributed by atoms with Crippen LogP contribution in [0.1, 0.15) is 29.3 Å². The van der Waals surface area contributed by atoms with E-state index < -0.39 is 0 Å². The number of ketones is 1. The van der Waals surface area contributed by atoms with Crippen molar-refractivity contribution in [3.05, 3.63) is 58.1 Å². The maximum atomic E-state index is 11.5. The summed E-state index contributed by atoms with van der Waals surface area (Å²) in [6.07, 6.45) is 0.519. The minimum absolute atomic E-state index is 0.144. The summed E-state index contributed by atoms with van der Waals surface area (Å²) in [7, 11) is 0. The Labute approximate surface area is 121 Å². The van der Waals surface area contributed by atoms with Crippen LogP contribution in [0.5, 0.6) is 11.5 Å². The number of hydrogen-bond acceptors (Lipinski definition) is 2. The molecule has 0 aromatic heterocycles. The molecular weight excluding hydrogens is 304 g/mol. The molecule has 0 bridgehead atoms. The van der Waals surface area contributed by atoms with Crippen LogP contribution in [0.4, 0.5) is 0 Å². The van der Waals surface area contributed by atoms with Gasteiger partial charge in [-0.25, -0.2) is 0 Å². The molecule has 0 aliphatic rings. The van der Waals surface area contributed by atoms with Gasteiger partial charge in [0.05, 0.1) is 0 Å². The topological polar surface area (TPSA) is 26.3 Å². The highest BCUT2D eigenvalue weighted by molar-refractivity contribution is 9.10. The highest BCUT2D eigenvalue weighted by Gasteiger charge is 2.05. The molecule has 0 saturated carbocycles. The summed E-state index contributed by atoms with van der Waals surface area (Å²) in [5.41, 5.74) is 1.79. The average molecular weight is 319 g/mol. The van der Waals surface area contributed by atoms with Crippen molar-refractivity contribution in [1.29, 1.82) is 0 Å². The van der Waals surface area contributed by atoms with Crippen LogP contribution in [0.3, 0.4) is 0 Å². The van der Waals surface area contributed by atoms with E-state index >= 15 is 0 Å². The molecule has 2 rings (SSSR count). The molecule has 0 spiro atoms. The minimum Gasteiger partial charge on any atom is -0.457 e. The summed E-state index contributed by atoms with van der Waals surface area (Å²) in [4.78, 5) is 11.5. The molecule has 2 nitrogen and oxygen atoms in total. The lowest BCUT2D eigenvalue weighted by molar-refractivity contribution is 0.0988. The predicted octanol–water partition coefficient (Wildman–Crippen LogP) is 5.14. The number of rotatable bonds is 4. The van der Waals surface area contributed by atoms with E-state index in [9.17, 15) is 4.79 Å². The van der Waals surface area contributed by atoms with Crippen LogP contribution < -0.4 is 4.74 Å². The quantitative estimate of drug-likeness (QED) is 0.729. The van der Waals surface area contributed by atoms with Gasteiger partial charge in [0.25, 0.3) is 0 Å². The molecule has 0 fully saturated rings. The van der Waals surface area contributed by atoms with Crippen molar-refractivity contribution >= 4 is 21.7 Å². The molecule has 98 valence electrons. The van der Waals surface area contributed by atoms with Crippen molar-refractivity contribution in [2.24, 2.45) is 0 Å². The molecule has 19 heavy (non-hydrogen) atoms. The number of benzene rings is 2. The van der Waals surface area contributed by atoms with Crippen molar-refractivity contribution < 1.29 is 9.53 Å². The Bertz CT molecular complexity index is 588. The van der Waals surface area contributed by atoms with Gasteiger partial charge in [0.15, 0.2) is 5.78 Å². The third kappa shape index (κ3) is 3.44. The van der Waals surface area contributed by atoms with E-state index in [4.69, 9.17) is 4.74 Å². The fraction of sp³-hybridized carbons (Fsp3) is 0.188. The Kier molecular flexibility index (Phi) is 4.38. The first kappa shape index (κ1) is 13.8. The first-order valence-corrected chi connectivity index (χ1v) is 6.96. The number of Topliss-reactive ketones (excluding diaryl/α,β-unsaturated/α-hetero) is 1. The molecule has 3 heteroatoms. The van der Waals surface area contributed by atoms with Gasteiger partial charge in [0, 0.05) is 16.5 Å². The lowest BCUT2D eigenvalue weighted by Crippen LogP contribution is -1.96. The van der Waals surface area contributed by atoms with Gasteiger partial charge < -0.3 is 4.74 Å². The van der Waals surface area contributed by atoms with Crippen molar-refractivity contribution in [2.45, 2.75) is 20.3 Å². The zero-order chi connectivity index (χ0) is 13.8. The van der Waals surface area contributed by atoms with Gasteiger partial charge in [-0.3, -0.25) is 4.79 Å². The second-order valence-electron chi connectivity index (χ2n) is 4.31. The van der Waals surface area contributed by atoms with Crippen molar-refractivity contribution in [1.82, 2.24) is 0 Å². The van der Waals surface area contributed by atoms with Gasteiger partial charge >= 0.3 is 0 Å². The monoisotopic (exact) mass is 318 g/mol. The van der Waals surface area contributed by atoms with Crippen molar-refractivity contribution in [2.75, 3.05) is 0 Å². The minimum atomic E-state index is 0.144. The first-order valence-electron chi connectivity index (χ1n) is 6.17. The molecule has 0 unspecified atom stereocenters. The molecule has 0 atom stereocenters. The van der Waals surface area contributed by atoms with E-state index in [1.54, 1.807) is 12.1 Å². The van der Waals surface area contributed by atoms with E-state index in [1.807, 2.05) is 44.2 Å².